The predicted molar refractivity (Wildman–Crippen MR) is 191 cm³/mol. The highest BCUT2D eigenvalue weighted by Gasteiger charge is 2.31. The molecular weight excluding hydrogens is 678 g/mol. The highest BCUT2D eigenvalue weighted by atomic mass is 79.9. The number of hydrogen-bond acceptors (Lipinski definition) is 5. The number of amides is 3. The van der Waals surface area contributed by atoms with E-state index in [0.717, 1.165) is 36.1 Å². The average molecular weight is 707 g/mol. The zero-order chi connectivity index (χ0) is 32.0. The molecule has 1 aliphatic heterocycles. The molecule has 1 atom stereocenters. The number of halogens is 1. The molecule has 1 heterocycles. The predicted octanol–water partition coefficient (Wildman–Crippen LogP) is 9.17. The molecule has 6 rings (SSSR count). The van der Waals surface area contributed by atoms with Crippen LogP contribution in [0.1, 0.15) is 22.8 Å². The number of nitrogens with zero attached hydrogens (tertiary/aromatic N) is 1. The lowest BCUT2D eigenvalue weighted by atomic mass is 10.1. The molecule has 0 bridgehead atoms. The highest BCUT2D eigenvalue weighted by Crippen LogP contribution is 2.48. The maximum absolute atomic E-state index is 14.0. The Morgan fingerprint density at radius 1 is 0.783 bits per heavy atom. The quantitative estimate of drug-likeness (QED) is 0.124. The first-order valence-corrected chi connectivity index (χ1v) is 17.0. The minimum absolute atomic E-state index is 0.0389. The van der Waals surface area contributed by atoms with Gasteiger partial charge in [0.05, 0.1) is 16.6 Å². The zero-order valence-corrected chi connectivity index (χ0v) is 27.9. The molecule has 0 spiro atoms. The van der Waals surface area contributed by atoms with Gasteiger partial charge in [-0.3, -0.25) is 19.3 Å². The fourth-order valence-electron chi connectivity index (χ4n) is 4.89. The second-order valence-electron chi connectivity index (χ2n) is 10.4. The van der Waals surface area contributed by atoms with Gasteiger partial charge < -0.3 is 10.6 Å². The van der Waals surface area contributed by atoms with Gasteiger partial charge >= 0.3 is 0 Å². The standard InChI is InChI=1S/C37H28BrN3O3S2/c1-24(37(44)41-31-14-5-7-16-33(31)46-34-17-8-6-15-32(34)41)45-29-13-9-12-28(23-29)39-36(43)30(22-25-18-20-27(38)21-19-25)40-35(42)26-10-3-2-4-11-26/h2-24H,1H3,(H,39,43)(H,40,42)/b30-22-. The number of fused-ring (bicyclic) bond motifs is 2. The van der Waals surface area contributed by atoms with Crippen molar-refractivity contribution in [2.24, 2.45) is 0 Å². The fraction of sp³-hybridized carbons (Fsp3) is 0.0541. The first kappa shape index (κ1) is 31.4. The molecule has 5 aromatic rings. The van der Waals surface area contributed by atoms with Crippen LogP contribution < -0.4 is 15.5 Å². The first-order chi connectivity index (χ1) is 22.4. The molecule has 3 amide bonds. The number of rotatable bonds is 8. The largest absolute Gasteiger partial charge is 0.321 e. The van der Waals surface area contributed by atoms with Gasteiger partial charge in [0.25, 0.3) is 11.8 Å². The number of benzene rings is 5. The summed E-state index contributed by atoms with van der Waals surface area (Å²) < 4.78 is 0.901. The maximum Gasteiger partial charge on any atom is 0.272 e. The Hall–Kier alpha value is -4.57. The Labute approximate surface area is 284 Å². The van der Waals surface area contributed by atoms with Gasteiger partial charge in [-0.2, -0.15) is 0 Å². The number of thioether (sulfide) groups is 1. The van der Waals surface area contributed by atoms with Crippen LogP contribution in [-0.2, 0) is 9.59 Å². The Morgan fingerprint density at radius 3 is 2.09 bits per heavy atom. The van der Waals surface area contributed by atoms with Crippen molar-refractivity contribution in [2.45, 2.75) is 26.9 Å². The summed E-state index contributed by atoms with van der Waals surface area (Å²) in [5, 5.41) is 5.27. The summed E-state index contributed by atoms with van der Waals surface area (Å²) in [4.78, 5) is 45.2. The highest BCUT2D eigenvalue weighted by molar-refractivity contribution is 9.10. The number of carbonyl (C=O) groups is 3. The second-order valence-corrected chi connectivity index (χ2v) is 13.8. The fourth-order valence-corrected chi connectivity index (χ4v) is 7.18. The van der Waals surface area contributed by atoms with E-state index in [-0.39, 0.29) is 11.6 Å². The molecule has 1 aliphatic rings. The van der Waals surface area contributed by atoms with Crippen LogP contribution in [0.4, 0.5) is 17.1 Å². The summed E-state index contributed by atoms with van der Waals surface area (Å²) in [5.41, 5.74) is 3.55. The molecule has 6 nitrogen and oxygen atoms in total. The summed E-state index contributed by atoms with van der Waals surface area (Å²) in [6.45, 7) is 1.89. The molecule has 0 aromatic heterocycles. The average Bonchev–Trinajstić information content (AvgIpc) is 3.08. The summed E-state index contributed by atoms with van der Waals surface area (Å²) in [6, 6.07) is 39.4. The number of nitrogens with one attached hydrogen (secondary N) is 2. The van der Waals surface area contributed by atoms with Crippen LogP contribution in [0.5, 0.6) is 0 Å². The molecule has 1 unspecified atom stereocenters. The van der Waals surface area contributed by atoms with E-state index in [1.165, 1.54) is 11.8 Å². The van der Waals surface area contributed by atoms with Crippen molar-refractivity contribution < 1.29 is 14.4 Å². The Bertz CT molecular complexity index is 1900. The van der Waals surface area contributed by atoms with Gasteiger partial charge in [0.2, 0.25) is 5.91 Å². The van der Waals surface area contributed by atoms with Crippen LogP contribution in [0.3, 0.4) is 0 Å². The van der Waals surface area contributed by atoms with Crippen LogP contribution in [0.2, 0.25) is 0 Å². The molecule has 0 saturated carbocycles. The first-order valence-electron chi connectivity index (χ1n) is 14.5. The number of para-hydroxylation sites is 2. The van der Waals surface area contributed by atoms with E-state index in [1.54, 1.807) is 53.1 Å². The van der Waals surface area contributed by atoms with Crippen molar-refractivity contribution >= 4 is 80.3 Å². The lowest BCUT2D eigenvalue weighted by Crippen LogP contribution is -2.34. The number of carbonyl (C=O) groups excluding carboxylic acids is 3. The van der Waals surface area contributed by atoms with E-state index >= 15 is 0 Å². The van der Waals surface area contributed by atoms with Crippen molar-refractivity contribution in [1.82, 2.24) is 5.32 Å². The number of anilines is 3. The molecule has 5 aromatic carbocycles. The van der Waals surface area contributed by atoms with Gasteiger partial charge in [0.15, 0.2) is 0 Å². The topological polar surface area (TPSA) is 78.5 Å². The summed E-state index contributed by atoms with van der Waals surface area (Å²) in [7, 11) is 0. The number of hydrogen-bond donors (Lipinski definition) is 2. The molecule has 2 N–H and O–H groups in total. The van der Waals surface area contributed by atoms with Crippen LogP contribution in [-0.4, -0.2) is 23.0 Å². The van der Waals surface area contributed by atoms with E-state index in [0.29, 0.717) is 11.3 Å². The SMILES string of the molecule is CC(Sc1cccc(NC(=O)/C(=C/c2ccc(Br)cc2)NC(=O)c2ccccc2)c1)C(=O)N1c2ccccc2Sc2ccccc21. The van der Waals surface area contributed by atoms with Gasteiger partial charge in [-0.25, -0.2) is 0 Å². The Balaban J connectivity index is 1.20. The van der Waals surface area contributed by atoms with Crippen molar-refractivity contribution in [3.63, 3.8) is 0 Å². The van der Waals surface area contributed by atoms with Crippen molar-refractivity contribution in [2.75, 3.05) is 10.2 Å². The Kier molecular flexibility index (Phi) is 9.73. The normalized spacial score (nSPS) is 12.8. The molecule has 0 fully saturated rings. The third kappa shape index (κ3) is 7.28. The van der Waals surface area contributed by atoms with Crippen LogP contribution in [0, 0.1) is 0 Å². The summed E-state index contributed by atoms with van der Waals surface area (Å²) in [6.07, 6.45) is 1.63. The summed E-state index contributed by atoms with van der Waals surface area (Å²) in [5.74, 6) is -0.907. The van der Waals surface area contributed by atoms with E-state index < -0.39 is 17.1 Å². The van der Waals surface area contributed by atoms with E-state index in [1.807, 2.05) is 104 Å². The van der Waals surface area contributed by atoms with E-state index in [2.05, 4.69) is 26.6 Å². The molecule has 0 saturated heterocycles. The van der Waals surface area contributed by atoms with E-state index in [9.17, 15) is 14.4 Å². The monoisotopic (exact) mass is 705 g/mol. The molecule has 228 valence electrons. The lowest BCUT2D eigenvalue weighted by Gasteiger charge is -2.32. The minimum Gasteiger partial charge on any atom is -0.321 e. The van der Waals surface area contributed by atoms with Gasteiger partial charge in [-0.15, -0.1) is 11.8 Å². The van der Waals surface area contributed by atoms with Crippen molar-refractivity contribution in [3.05, 3.63) is 149 Å². The van der Waals surface area contributed by atoms with Gasteiger partial charge in [-0.1, -0.05) is 88.4 Å². The molecular formula is C37H28BrN3O3S2. The molecule has 0 aliphatic carbocycles. The van der Waals surface area contributed by atoms with Gasteiger partial charge in [0, 0.05) is 30.4 Å². The molecule has 0 radical (unpaired) electrons. The third-order valence-electron chi connectivity index (χ3n) is 7.11. The Morgan fingerprint density at radius 2 is 1.41 bits per heavy atom. The van der Waals surface area contributed by atoms with Crippen molar-refractivity contribution in [1.29, 1.82) is 0 Å². The smallest absolute Gasteiger partial charge is 0.272 e. The van der Waals surface area contributed by atoms with E-state index in [4.69, 9.17) is 0 Å². The lowest BCUT2D eigenvalue weighted by molar-refractivity contribution is -0.117. The zero-order valence-electron chi connectivity index (χ0n) is 24.6. The summed E-state index contributed by atoms with van der Waals surface area (Å²) >= 11 is 6.51. The van der Waals surface area contributed by atoms with Crippen molar-refractivity contribution in [3.8, 4) is 0 Å². The third-order valence-corrected chi connectivity index (χ3v) is 9.86. The van der Waals surface area contributed by atoms with Crippen LogP contribution in [0.25, 0.3) is 6.08 Å². The van der Waals surface area contributed by atoms with Gasteiger partial charge in [-0.05, 0) is 85.3 Å². The molecule has 46 heavy (non-hydrogen) atoms. The van der Waals surface area contributed by atoms with Gasteiger partial charge in [0.1, 0.15) is 5.70 Å². The minimum atomic E-state index is -0.475. The maximum atomic E-state index is 14.0. The molecule has 9 heteroatoms. The second kappa shape index (κ2) is 14.2. The van der Waals surface area contributed by atoms with Crippen LogP contribution >= 0.6 is 39.5 Å². The van der Waals surface area contributed by atoms with Crippen LogP contribution in [0.15, 0.2) is 152 Å².